The van der Waals surface area contributed by atoms with E-state index in [1.165, 1.54) is 11.0 Å². The van der Waals surface area contributed by atoms with E-state index >= 15 is 0 Å². The Morgan fingerprint density at radius 2 is 2.17 bits per heavy atom. The molecule has 1 aromatic heterocycles. The molecule has 0 saturated carbocycles. The minimum atomic E-state index is -0.454. The fraction of sp³-hybridized carbons (Fsp3) is 0.182. The lowest BCUT2D eigenvalue weighted by molar-refractivity contribution is 0.0986. The maximum absolute atomic E-state index is 13.7. The highest BCUT2D eigenvalue weighted by molar-refractivity contribution is 7.17. The van der Waals surface area contributed by atoms with E-state index in [-0.39, 0.29) is 15.8 Å². The van der Waals surface area contributed by atoms with Gasteiger partial charge in [-0.25, -0.2) is 4.39 Å². The molecule has 0 aliphatic carbocycles. The lowest BCUT2D eigenvalue weighted by Gasteiger charge is -2.19. The SMILES string of the molecule is CCN(C(=O)c1nnc(N)s1)c1ccccc1F. The first-order chi connectivity index (χ1) is 8.63. The summed E-state index contributed by atoms with van der Waals surface area (Å²) in [6, 6.07) is 6.09. The summed E-state index contributed by atoms with van der Waals surface area (Å²) < 4.78 is 13.7. The van der Waals surface area contributed by atoms with Crippen molar-refractivity contribution < 1.29 is 9.18 Å². The van der Waals surface area contributed by atoms with Gasteiger partial charge in [0.2, 0.25) is 10.1 Å². The number of hydrogen-bond donors (Lipinski definition) is 1. The van der Waals surface area contributed by atoms with Gasteiger partial charge in [-0.15, -0.1) is 10.2 Å². The predicted octanol–water partition coefficient (Wildman–Crippen LogP) is 1.93. The number of rotatable bonds is 3. The van der Waals surface area contributed by atoms with E-state index in [4.69, 9.17) is 5.73 Å². The summed E-state index contributed by atoms with van der Waals surface area (Å²) >= 11 is 0.982. The van der Waals surface area contributed by atoms with Crippen molar-refractivity contribution in [2.24, 2.45) is 0 Å². The highest BCUT2D eigenvalue weighted by atomic mass is 32.1. The van der Waals surface area contributed by atoms with Crippen LogP contribution < -0.4 is 10.6 Å². The fourth-order valence-electron chi connectivity index (χ4n) is 1.53. The molecule has 18 heavy (non-hydrogen) atoms. The zero-order valence-electron chi connectivity index (χ0n) is 9.63. The van der Waals surface area contributed by atoms with Crippen molar-refractivity contribution in [2.75, 3.05) is 17.2 Å². The van der Waals surface area contributed by atoms with Crippen molar-refractivity contribution >= 4 is 28.1 Å². The van der Waals surface area contributed by atoms with Crippen molar-refractivity contribution in [1.29, 1.82) is 0 Å². The molecule has 2 N–H and O–H groups in total. The second kappa shape index (κ2) is 5.09. The van der Waals surface area contributed by atoms with Gasteiger partial charge in [0.1, 0.15) is 5.82 Å². The van der Waals surface area contributed by atoms with Crippen LogP contribution in [0.1, 0.15) is 16.7 Å². The van der Waals surface area contributed by atoms with Crippen LogP contribution in [-0.4, -0.2) is 22.6 Å². The second-order valence-corrected chi connectivity index (χ2v) is 4.46. The zero-order valence-corrected chi connectivity index (χ0v) is 10.4. The molecular weight excluding hydrogens is 255 g/mol. The average molecular weight is 266 g/mol. The summed E-state index contributed by atoms with van der Waals surface area (Å²) in [6.07, 6.45) is 0. The molecule has 0 unspecified atom stereocenters. The van der Waals surface area contributed by atoms with Gasteiger partial charge in [-0.1, -0.05) is 23.5 Å². The number of amides is 1. The van der Waals surface area contributed by atoms with Gasteiger partial charge in [-0.2, -0.15) is 0 Å². The van der Waals surface area contributed by atoms with E-state index in [1.54, 1.807) is 25.1 Å². The van der Waals surface area contributed by atoms with E-state index in [0.717, 1.165) is 11.3 Å². The zero-order chi connectivity index (χ0) is 13.1. The smallest absolute Gasteiger partial charge is 0.289 e. The molecule has 0 bridgehead atoms. The molecule has 1 aromatic carbocycles. The Kier molecular flexibility index (Phi) is 3.52. The average Bonchev–Trinajstić information content (AvgIpc) is 2.79. The van der Waals surface area contributed by atoms with Gasteiger partial charge >= 0.3 is 0 Å². The Hall–Kier alpha value is -2.02. The number of halogens is 1. The van der Waals surface area contributed by atoms with Gasteiger partial charge in [0.05, 0.1) is 5.69 Å². The minimum Gasteiger partial charge on any atom is -0.374 e. The number of nitrogen functional groups attached to an aromatic ring is 1. The third-order valence-electron chi connectivity index (χ3n) is 2.33. The molecule has 0 radical (unpaired) electrons. The number of nitrogens with two attached hydrogens (primary N) is 1. The number of hydrogen-bond acceptors (Lipinski definition) is 5. The van der Waals surface area contributed by atoms with Crippen molar-refractivity contribution in [1.82, 2.24) is 10.2 Å². The number of para-hydroxylation sites is 1. The van der Waals surface area contributed by atoms with Gasteiger partial charge in [0.15, 0.2) is 0 Å². The van der Waals surface area contributed by atoms with Crippen LogP contribution >= 0.6 is 11.3 Å². The lowest BCUT2D eigenvalue weighted by Crippen LogP contribution is -2.31. The Labute approximate surface area is 107 Å². The molecule has 2 aromatic rings. The molecule has 1 heterocycles. The van der Waals surface area contributed by atoms with Crippen LogP contribution in [0.3, 0.4) is 0 Å². The molecule has 0 saturated heterocycles. The first kappa shape index (κ1) is 12.4. The molecule has 0 aliphatic heterocycles. The van der Waals surface area contributed by atoms with Crippen LogP contribution in [-0.2, 0) is 0 Å². The summed E-state index contributed by atoms with van der Waals surface area (Å²) in [5, 5.41) is 7.61. The van der Waals surface area contributed by atoms with E-state index < -0.39 is 11.7 Å². The highest BCUT2D eigenvalue weighted by Gasteiger charge is 2.22. The quantitative estimate of drug-likeness (QED) is 0.921. The maximum Gasteiger partial charge on any atom is 0.289 e. The van der Waals surface area contributed by atoms with Crippen LogP contribution in [0.25, 0.3) is 0 Å². The molecule has 0 spiro atoms. The van der Waals surface area contributed by atoms with Gasteiger partial charge in [-0.05, 0) is 19.1 Å². The Bertz CT molecular complexity index is 572. The van der Waals surface area contributed by atoms with E-state index in [0.29, 0.717) is 6.54 Å². The lowest BCUT2D eigenvalue weighted by atomic mass is 10.2. The number of carbonyl (C=O) groups is 1. The predicted molar refractivity (Wildman–Crippen MR) is 68.1 cm³/mol. The van der Waals surface area contributed by atoms with Crippen LogP contribution in [0.2, 0.25) is 0 Å². The summed E-state index contributed by atoms with van der Waals surface area (Å²) in [5.41, 5.74) is 5.65. The number of benzene rings is 1. The molecule has 7 heteroatoms. The maximum atomic E-state index is 13.7. The first-order valence-corrected chi connectivity index (χ1v) is 6.10. The van der Waals surface area contributed by atoms with Gasteiger partial charge in [0.25, 0.3) is 5.91 Å². The second-order valence-electron chi connectivity index (χ2n) is 3.45. The topological polar surface area (TPSA) is 72.1 Å². The van der Waals surface area contributed by atoms with Crippen LogP contribution in [0.15, 0.2) is 24.3 Å². The summed E-state index contributed by atoms with van der Waals surface area (Å²) in [7, 11) is 0. The fourth-order valence-corrected chi connectivity index (χ4v) is 2.09. The minimum absolute atomic E-state index is 0.151. The molecule has 5 nitrogen and oxygen atoms in total. The van der Waals surface area contributed by atoms with E-state index in [9.17, 15) is 9.18 Å². The molecule has 0 fully saturated rings. The summed E-state index contributed by atoms with van der Waals surface area (Å²) in [4.78, 5) is 13.5. The Morgan fingerprint density at radius 3 is 2.72 bits per heavy atom. The third kappa shape index (κ3) is 2.30. The van der Waals surface area contributed by atoms with Crippen LogP contribution in [0, 0.1) is 5.82 Å². The molecule has 0 atom stereocenters. The molecule has 1 amide bonds. The molecule has 0 aliphatic rings. The standard InChI is InChI=1S/C11H11FN4OS/c1-2-16(8-6-4-3-5-7(8)12)10(17)9-14-15-11(13)18-9/h3-6H,2H2,1H3,(H2,13,15). The highest BCUT2D eigenvalue weighted by Crippen LogP contribution is 2.22. The van der Waals surface area contributed by atoms with Gasteiger partial charge in [-0.3, -0.25) is 4.79 Å². The number of nitrogens with zero attached hydrogens (tertiary/aromatic N) is 3. The number of carbonyl (C=O) groups excluding carboxylic acids is 1. The summed E-state index contributed by atoms with van der Waals surface area (Å²) in [5.74, 6) is -0.859. The monoisotopic (exact) mass is 266 g/mol. The van der Waals surface area contributed by atoms with Crippen molar-refractivity contribution in [2.45, 2.75) is 6.92 Å². The molecule has 94 valence electrons. The first-order valence-electron chi connectivity index (χ1n) is 5.29. The Balaban J connectivity index is 2.35. The Morgan fingerprint density at radius 1 is 1.44 bits per heavy atom. The normalized spacial score (nSPS) is 10.3. The summed E-state index contributed by atoms with van der Waals surface area (Å²) in [6.45, 7) is 2.09. The van der Waals surface area contributed by atoms with Gasteiger partial charge in [0, 0.05) is 6.54 Å². The van der Waals surface area contributed by atoms with Gasteiger partial charge < -0.3 is 10.6 Å². The van der Waals surface area contributed by atoms with E-state index in [2.05, 4.69) is 10.2 Å². The molecule has 2 rings (SSSR count). The number of anilines is 2. The van der Waals surface area contributed by atoms with Crippen molar-refractivity contribution in [3.05, 3.63) is 35.1 Å². The van der Waals surface area contributed by atoms with Crippen molar-refractivity contribution in [3.8, 4) is 0 Å². The van der Waals surface area contributed by atoms with Crippen LogP contribution in [0.4, 0.5) is 15.2 Å². The van der Waals surface area contributed by atoms with Crippen LogP contribution in [0.5, 0.6) is 0 Å². The largest absolute Gasteiger partial charge is 0.374 e. The third-order valence-corrected chi connectivity index (χ3v) is 3.07. The number of aromatic nitrogens is 2. The van der Waals surface area contributed by atoms with E-state index in [1.807, 2.05) is 0 Å². The molecular formula is C11H11FN4OS. The van der Waals surface area contributed by atoms with Crippen molar-refractivity contribution in [3.63, 3.8) is 0 Å².